The first-order chi connectivity index (χ1) is 7.19. The second-order valence-corrected chi connectivity index (χ2v) is 3.68. The number of benzene rings is 1. The third kappa shape index (κ3) is 3.20. The summed E-state index contributed by atoms with van der Waals surface area (Å²) in [5.41, 5.74) is 6.92. The summed E-state index contributed by atoms with van der Waals surface area (Å²) in [7, 11) is 0. The maximum absolute atomic E-state index is 13.5. The molecule has 2 N–H and O–H groups in total. The van der Waals surface area contributed by atoms with Crippen LogP contribution in [0.25, 0.3) is 0 Å². The number of nitrogens with zero attached hydrogens (tertiary/aromatic N) is 1. The number of halogens is 1. The molecule has 1 aromatic rings. The SMILES string of the molecule is CCCN(CC)Cc1c(N)cccc1F. The molecule has 3 heteroatoms. The zero-order chi connectivity index (χ0) is 11.3. The Labute approximate surface area is 90.9 Å². The molecule has 0 atom stereocenters. The minimum Gasteiger partial charge on any atom is -0.398 e. The zero-order valence-corrected chi connectivity index (χ0v) is 9.46. The van der Waals surface area contributed by atoms with Gasteiger partial charge in [-0.25, -0.2) is 4.39 Å². The minimum atomic E-state index is -0.204. The molecule has 0 spiro atoms. The fraction of sp³-hybridized carbons (Fsp3) is 0.500. The quantitative estimate of drug-likeness (QED) is 0.757. The molecule has 15 heavy (non-hydrogen) atoms. The topological polar surface area (TPSA) is 29.3 Å². The summed E-state index contributed by atoms with van der Waals surface area (Å²) in [5, 5.41) is 0. The molecule has 1 rings (SSSR count). The summed E-state index contributed by atoms with van der Waals surface area (Å²) in [5.74, 6) is -0.204. The summed E-state index contributed by atoms with van der Waals surface area (Å²) in [6.07, 6.45) is 1.07. The maximum atomic E-state index is 13.5. The molecule has 0 unspecified atom stereocenters. The molecular weight excluding hydrogens is 191 g/mol. The van der Waals surface area contributed by atoms with Gasteiger partial charge in [-0.2, -0.15) is 0 Å². The highest BCUT2D eigenvalue weighted by Gasteiger charge is 2.09. The number of rotatable bonds is 5. The van der Waals surface area contributed by atoms with Crippen molar-refractivity contribution in [1.82, 2.24) is 4.90 Å². The monoisotopic (exact) mass is 210 g/mol. The van der Waals surface area contributed by atoms with E-state index in [9.17, 15) is 4.39 Å². The molecule has 0 fully saturated rings. The van der Waals surface area contributed by atoms with Gasteiger partial charge in [0.1, 0.15) is 5.82 Å². The first kappa shape index (κ1) is 12.0. The van der Waals surface area contributed by atoms with Crippen LogP contribution < -0.4 is 5.73 Å². The average Bonchev–Trinajstić information content (AvgIpc) is 2.22. The van der Waals surface area contributed by atoms with Crippen LogP contribution in [-0.2, 0) is 6.54 Å². The lowest BCUT2D eigenvalue weighted by atomic mass is 10.1. The molecule has 0 bridgehead atoms. The highest BCUT2D eigenvalue weighted by molar-refractivity contribution is 5.47. The van der Waals surface area contributed by atoms with Crippen LogP contribution in [0, 0.1) is 5.82 Å². The van der Waals surface area contributed by atoms with Crippen LogP contribution >= 0.6 is 0 Å². The molecule has 1 aromatic carbocycles. The Morgan fingerprint density at radius 2 is 2.07 bits per heavy atom. The Morgan fingerprint density at radius 3 is 2.60 bits per heavy atom. The van der Waals surface area contributed by atoms with Gasteiger partial charge in [0.25, 0.3) is 0 Å². The van der Waals surface area contributed by atoms with Crippen molar-refractivity contribution >= 4 is 5.69 Å². The van der Waals surface area contributed by atoms with E-state index in [0.29, 0.717) is 17.8 Å². The Morgan fingerprint density at radius 1 is 1.33 bits per heavy atom. The molecule has 0 heterocycles. The third-order valence-corrected chi connectivity index (χ3v) is 2.52. The summed E-state index contributed by atoms with van der Waals surface area (Å²) >= 11 is 0. The van der Waals surface area contributed by atoms with Crippen molar-refractivity contribution < 1.29 is 4.39 Å². The van der Waals surface area contributed by atoms with E-state index < -0.39 is 0 Å². The van der Waals surface area contributed by atoms with Crippen molar-refractivity contribution in [3.8, 4) is 0 Å². The fourth-order valence-electron chi connectivity index (χ4n) is 1.63. The maximum Gasteiger partial charge on any atom is 0.129 e. The lowest BCUT2D eigenvalue weighted by Gasteiger charge is -2.20. The van der Waals surface area contributed by atoms with Gasteiger partial charge in [-0.1, -0.05) is 19.9 Å². The Balaban J connectivity index is 2.78. The van der Waals surface area contributed by atoms with Crippen molar-refractivity contribution in [1.29, 1.82) is 0 Å². The standard InChI is InChI=1S/C12H19FN2/c1-3-8-15(4-2)9-10-11(13)6-5-7-12(10)14/h5-7H,3-4,8-9,14H2,1-2H3. The summed E-state index contributed by atoms with van der Waals surface area (Å²) in [6.45, 7) is 6.69. The van der Waals surface area contributed by atoms with E-state index in [4.69, 9.17) is 5.73 Å². The van der Waals surface area contributed by atoms with Gasteiger partial charge < -0.3 is 5.73 Å². The van der Waals surface area contributed by atoms with Crippen LogP contribution in [0.3, 0.4) is 0 Å². The molecule has 0 radical (unpaired) electrons. The van der Waals surface area contributed by atoms with Crippen LogP contribution in [0.5, 0.6) is 0 Å². The van der Waals surface area contributed by atoms with Crippen molar-refractivity contribution in [2.45, 2.75) is 26.8 Å². The van der Waals surface area contributed by atoms with Crippen LogP contribution in [-0.4, -0.2) is 18.0 Å². The van der Waals surface area contributed by atoms with E-state index in [0.717, 1.165) is 19.5 Å². The summed E-state index contributed by atoms with van der Waals surface area (Å²) < 4.78 is 13.5. The minimum absolute atomic E-state index is 0.204. The second kappa shape index (κ2) is 5.71. The molecule has 84 valence electrons. The van der Waals surface area contributed by atoms with Crippen LogP contribution in [0.15, 0.2) is 18.2 Å². The molecule has 0 saturated heterocycles. The van der Waals surface area contributed by atoms with Crippen LogP contribution in [0.2, 0.25) is 0 Å². The van der Waals surface area contributed by atoms with Gasteiger partial charge in [0.2, 0.25) is 0 Å². The molecule has 0 aliphatic heterocycles. The molecule has 0 aliphatic rings. The predicted octanol–water partition coefficient (Wildman–Crippen LogP) is 2.64. The fourth-order valence-corrected chi connectivity index (χ4v) is 1.63. The lowest BCUT2D eigenvalue weighted by Crippen LogP contribution is -2.24. The Hall–Kier alpha value is -1.09. The van der Waals surface area contributed by atoms with Crippen LogP contribution in [0.1, 0.15) is 25.8 Å². The van der Waals surface area contributed by atoms with Gasteiger partial charge in [-0.3, -0.25) is 4.90 Å². The smallest absolute Gasteiger partial charge is 0.129 e. The third-order valence-electron chi connectivity index (χ3n) is 2.52. The largest absolute Gasteiger partial charge is 0.398 e. The number of anilines is 1. The van der Waals surface area contributed by atoms with E-state index in [2.05, 4.69) is 18.7 Å². The highest BCUT2D eigenvalue weighted by Crippen LogP contribution is 2.17. The molecule has 0 amide bonds. The number of nitrogen functional groups attached to an aromatic ring is 1. The first-order valence-corrected chi connectivity index (χ1v) is 5.44. The molecule has 0 saturated carbocycles. The zero-order valence-electron chi connectivity index (χ0n) is 9.46. The van der Waals surface area contributed by atoms with Crippen molar-refractivity contribution in [3.63, 3.8) is 0 Å². The van der Waals surface area contributed by atoms with E-state index in [-0.39, 0.29) is 5.82 Å². The van der Waals surface area contributed by atoms with Gasteiger partial charge in [0, 0.05) is 17.8 Å². The lowest BCUT2D eigenvalue weighted by molar-refractivity contribution is 0.277. The Kier molecular flexibility index (Phi) is 4.56. The van der Waals surface area contributed by atoms with Gasteiger partial charge in [0.15, 0.2) is 0 Å². The van der Waals surface area contributed by atoms with Gasteiger partial charge in [0.05, 0.1) is 0 Å². The summed E-state index contributed by atoms with van der Waals surface area (Å²) in [4.78, 5) is 2.19. The van der Waals surface area contributed by atoms with E-state index >= 15 is 0 Å². The van der Waals surface area contributed by atoms with E-state index in [1.54, 1.807) is 12.1 Å². The second-order valence-electron chi connectivity index (χ2n) is 3.68. The average molecular weight is 210 g/mol. The van der Waals surface area contributed by atoms with Crippen molar-refractivity contribution in [2.75, 3.05) is 18.8 Å². The normalized spacial score (nSPS) is 10.9. The molecule has 0 aromatic heterocycles. The molecular formula is C12H19FN2. The van der Waals surface area contributed by atoms with Gasteiger partial charge in [-0.15, -0.1) is 0 Å². The van der Waals surface area contributed by atoms with Crippen LogP contribution in [0.4, 0.5) is 10.1 Å². The number of hydrogen-bond donors (Lipinski definition) is 1. The summed E-state index contributed by atoms with van der Waals surface area (Å²) in [6, 6.07) is 4.86. The van der Waals surface area contributed by atoms with Crippen molar-refractivity contribution in [2.24, 2.45) is 0 Å². The van der Waals surface area contributed by atoms with E-state index in [1.165, 1.54) is 6.07 Å². The predicted molar refractivity (Wildman–Crippen MR) is 62.1 cm³/mol. The highest BCUT2D eigenvalue weighted by atomic mass is 19.1. The van der Waals surface area contributed by atoms with Gasteiger partial charge in [-0.05, 0) is 31.6 Å². The molecule has 0 aliphatic carbocycles. The Bertz CT molecular complexity index is 292. The van der Waals surface area contributed by atoms with Gasteiger partial charge >= 0.3 is 0 Å². The number of nitrogens with two attached hydrogens (primary N) is 1. The number of hydrogen-bond acceptors (Lipinski definition) is 2. The first-order valence-electron chi connectivity index (χ1n) is 5.44. The molecule has 2 nitrogen and oxygen atoms in total. The van der Waals surface area contributed by atoms with Crippen molar-refractivity contribution in [3.05, 3.63) is 29.6 Å². The van der Waals surface area contributed by atoms with E-state index in [1.807, 2.05) is 0 Å².